The Morgan fingerprint density at radius 1 is 1.64 bits per heavy atom. The second-order valence-corrected chi connectivity index (χ2v) is 5.70. The van der Waals surface area contributed by atoms with E-state index in [1.54, 1.807) is 0 Å². The molecule has 0 saturated carbocycles. The SMILES string of the molecule is CC(Br)CCC1CCc2cccnc21. The first-order chi connectivity index (χ1) is 6.77. The van der Waals surface area contributed by atoms with E-state index in [1.165, 1.54) is 36.9 Å². The van der Waals surface area contributed by atoms with Crippen LogP contribution in [0.15, 0.2) is 18.3 Å². The van der Waals surface area contributed by atoms with E-state index in [2.05, 4.69) is 33.9 Å². The molecule has 0 spiro atoms. The van der Waals surface area contributed by atoms with Gasteiger partial charge in [-0.2, -0.15) is 0 Å². The largest absolute Gasteiger partial charge is 0.261 e. The number of rotatable bonds is 3. The van der Waals surface area contributed by atoms with Crippen LogP contribution in [0.3, 0.4) is 0 Å². The summed E-state index contributed by atoms with van der Waals surface area (Å²) >= 11 is 3.60. The summed E-state index contributed by atoms with van der Waals surface area (Å²) < 4.78 is 0. The Bertz CT molecular complexity index is 309. The Kier molecular flexibility index (Phi) is 3.22. The van der Waals surface area contributed by atoms with E-state index in [-0.39, 0.29) is 0 Å². The molecule has 0 bridgehead atoms. The third kappa shape index (κ3) is 2.17. The molecule has 1 aliphatic carbocycles. The Morgan fingerprint density at radius 3 is 3.29 bits per heavy atom. The molecule has 0 amide bonds. The number of halogens is 1. The quantitative estimate of drug-likeness (QED) is 0.750. The third-order valence-electron chi connectivity index (χ3n) is 2.99. The summed E-state index contributed by atoms with van der Waals surface area (Å²) in [6.07, 6.45) is 6.97. The van der Waals surface area contributed by atoms with Gasteiger partial charge in [0.25, 0.3) is 0 Å². The molecule has 2 heteroatoms. The van der Waals surface area contributed by atoms with Crippen LogP contribution in [-0.4, -0.2) is 9.81 Å². The fraction of sp³-hybridized carbons (Fsp3) is 0.583. The molecule has 0 saturated heterocycles. The Hall–Kier alpha value is -0.370. The van der Waals surface area contributed by atoms with Crippen molar-refractivity contribution in [3.63, 3.8) is 0 Å². The van der Waals surface area contributed by atoms with Crippen molar-refractivity contribution in [2.75, 3.05) is 0 Å². The van der Waals surface area contributed by atoms with Gasteiger partial charge in [-0.05, 0) is 37.3 Å². The summed E-state index contributed by atoms with van der Waals surface area (Å²) in [5.41, 5.74) is 2.83. The van der Waals surface area contributed by atoms with Crippen LogP contribution >= 0.6 is 15.9 Å². The standard InChI is InChI=1S/C12H16BrN/c1-9(13)4-5-11-7-6-10-3-2-8-14-12(10)11/h2-3,8-9,11H,4-7H2,1H3. The van der Waals surface area contributed by atoms with Gasteiger partial charge in [0.15, 0.2) is 0 Å². The molecule has 1 aromatic heterocycles. The van der Waals surface area contributed by atoms with Crippen molar-refractivity contribution in [1.82, 2.24) is 4.98 Å². The fourth-order valence-corrected chi connectivity index (χ4v) is 2.47. The van der Waals surface area contributed by atoms with Crippen LogP contribution in [0.2, 0.25) is 0 Å². The molecule has 2 atom stereocenters. The Morgan fingerprint density at radius 2 is 2.50 bits per heavy atom. The molecule has 1 nitrogen and oxygen atoms in total. The summed E-state index contributed by atoms with van der Waals surface area (Å²) in [5, 5.41) is 0. The number of hydrogen-bond donors (Lipinski definition) is 0. The lowest BCUT2D eigenvalue weighted by molar-refractivity contribution is 0.579. The summed E-state index contributed by atoms with van der Waals surface area (Å²) in [4.78, 5) is 5.14. The molecular formula is C12H16BrN. The van der Waals surface area contributed by atoms with Gasteiger partial charge in [-0.3, -0.25) is 4.98 Å². The van der Waals surface area contributed by atoms with Crippen molar-refractivity contribution in [2.45, 2.75) is 43.4 Å². The van der Waals surface area contributed by atoms with Gasteiger partial charge < -0.3 is 0 Å². The maximum absolute atomic E-state index is 4.50. The molecule has 1 aliphatic rings. The molecule has 0 radical (unpaired) electrons. The number of aromatic nitrogens is 1. The smallest absolute Gasteiger partial charge is 0.0466 e. The van der Waals surface area contributed by atoms with Crippen molar-refractivity contribution in [3.05, 3.63) is 29.6 Å². The number of pyridine rings is 1. The monoisotopic (exact) mass is 253 g/mol. The summed E-state index contributed by atoms with van der Waals surface area (Å²) in [5.74, 6) is 0.714. The van der Waals surface area contributed by atoms with E-state index in [0.717, 1.165) is 0 Å². The number of nitrogens with zero attached hydrogens (tertiary/aromatic N) is 1. The molecule has 76 valence electrons. The first kappa shape index (κ1) is 10.2. The molecule has 14 heavy (non-hydrogen) atoms. The number of hydrogen-bond acceptors (Lipinski definition) is 1. The van der Waals surface area contributed by atoms with Gasteiger partial charge in [-0.15, -0.1) is 0 Å². The van der Waals surface area contributed by atoms with Gasteiger partial charge >= 0.3 is 0 Å². The number of alkyl halides is 1. The van der Waals surface area contributed by atoms with Crippen LogP contribution < -0.4 is 0 Å². The van der Waals surface area contributed by atoms with Crippen LogP contribution in [0, 0.1) is 0 Å². The van der Waals surface area contributed by atoms with E-state index >= 15 is 0 Å². The number of fused-ring (bicyclic) bond motifs is 1. The highest BCUT2D eigenvalue weighted by atomic mass is 79.9. The maximum Gasteiger partial charge on any atom is 0.0466 e. The topological polar surface area (TPSA) is 12.9 Å². The summed E-state index contributed by atoms with van der Waals surface area (Å²) in [7, 11) is 0. The van der Waals surface area contributed by atoms with Gasteiger partial charge in [-0.1, -0.05) is 28.9 Å². The van der Waals surface area contributed by atoms with Crippen LogP contribution in [0.5, 0.6) is 0 Å². The van der Waals surface area contributed by atoms with Gasteiger partial charge in [0, 0.05) is 22.6 Å². The zero-order chi connectivity index (χ0) is 9.97. The molecule has 2 unspecified atom stereocenters. The molecule has 2 rings (SSSR count). The lowest BCUT2D eigenvalue weighted by Gasteiger charge is -2.10. The zero-order valence-electron chi connectivity index (χ0n) is 8.54. The second-order valence-electron chi connectivity index (χ2n) is 4.14. The molecule has 0 fully saturated rings. The lowest BCUT2D eigenvalue weighted by atomic mass is 10.00. The minimum atomic E-state index is 0.635. The fourth-order valence-electron chi connectivity index (χ4n) is 2.21. The predicted molar refractivity (Wildman–Crippen MR) is 62.9 cm³/mol. The highest BCUT2D eigenvalue weighted by Crippen LogP contribution is 2.35. The van der Waals surface area contributed by atoms with E-state index in [4.69, 9.17) is 0 Å². The third-order valence-corrected chi connectivity index (χ3v) is 3.45. The molecule has 0 aliphatic heterocycles. The van der Waals surface area contributed by atoms with Crippen LogP contribution in [0.1, 0.15) is 43.4 Å². The zero-order valence-corrected chi connectivity index (χ0v) is 10.1. The van der Waals surface area contributed by atoms with Gasteiger partial charge in [0.2, 0.25) is 0 Å². The minimum absolute atomic E-state index is 0.635. The maximum atomic E-state index is 4.50. The Balaban J connectivity index is 2.03. The van der Waals surface area contributed by atoms with Crippen LogP contribution in [0.25, 0.3) is 0 Å². The van der Waals surface area contributed by atoms with Gasteiger partial charge in [0.1, 0.15) is 0 Å². The average Bonchev–Trinajstić information content (AvgIpc) is 2.58. The van der Waals surface area contributed by atoms with E-state index < -0.39 is 0 Å². The molecular weight excluding hydrogens is 238 g/mol. The molecule has 0 N–H and O–H groups in total. The normalized spacial score (nSPS) is 22.0. The Labute approximate surface area is 94.1 Å². The predicted octanol–water partition coefficient (Wildman–Crippen LogP) is 3.68. The van der Waals surface area contributed by atoms with Crippen molar-refractivity contribution >= 4 is 15.9 Å². The van der Waals surface area contributed by atoms with Crippen molar-refractivity contribution in [2.24, 2.45) is 0 Å². The van der Waals surface area contributed by atoms with Crippen molar-refractivity contribution in [1.29, 1.82) is 0 Å². The highest BCUT2D eigenvalue weighted by Gasteiger charge is 2.23. The highest BCUT2D eigenvalue weighted by molar-refractivity contribution is 9.09. The molecule has 1 heterocycles. The molecule has 0 aromatic carbocycles. The van der Waals surface area contributed by atoms with Crippen molar-refractivity contribution in [3.8, 4) is 0 Å². The van der Waals surface area contributed by atoms with E-state index in [1.807, 2.05) is 12.3 Å². The minimum Gasteiger partial charge on any atom is -0.261 e. The molecule has 1 aromatic rings. The van der Waals surface area contributed by atoms with E-state index in [9.17, 15) is 0 Å². The van der Waals surface area contributed by atoms with Crippen LogP contribution in [-0.2, 0) is 6.42 Å². The first-order valence-electron chi connectivity index (χ1n) is 5.35. The average molecular weight is 254 g/mol. The lowest BCUT2D eigenvalue weighted by Crippen LogP contribution is -1.99. The van der Waals surface area contributed by atoms with Crippen molar-refractivity contribution < 1.29 is 0 Å². The second kappa shape index (κ2) is 4.43. The van der Waals surface area contributed by atoms with Gasteiger partial charge in [0.05, 0.1) is 0 Å². The van der Waals surface area contributed by atoms with E-state index in [0.29, 0.717) is 10.7 Å². The van der Waals surface area contributed by atoms with Gasteiger partial charge in [-0.25, -0.2) is 0 Å². The first-order valence-corrected chi connectivity index (χ1v) is 6.27. The van der Waals surface area contributed by atoms with Crippen LogP contribution in [0.4, 0.5) is 0 Å². The summed E-state index contributed by atoms with van der Waals surface area (Å²) in [6.45, 7) is 2.22. The summed E-state index contributed by atoms with van der Waals surface area (Å²) in [6, 6.07) is 4.27. The number of aryl methyl sites for hydroxylation is 1.